The zero-order valence-corrected chi connectivity index (χ0v) is 16.5. The van der Waals surface area contributed by atoms with Crippen molar-refractivity contribution < 1.29 is 8.22 Å². The Bertz CT molecular complexity index is 1310. The van der Waals surface area contributed by atoms with E-state index in [4.69, 9.17) is 8.22 Å². The highest BCUT2D eigenvalue weighted by molar-refractivity contribution is 5.35. The zero-order chi connectivity index (χ0) is 25.3. The van der Waals surface area contributed by atoms with E-state index in [1.165, 1.54) is 0 Å². The van der Waals surface area contributed by atoms with E-state index < -0.39 is 19.1 Å². The second kappa shape index (κ2) is 9.39. The minimum Gasteiger partial charge on any atom is -0.0622 e. The molecule has 0 saturated heterocycles. The van der Waals surface area contributed by atoms with Gasteiger partial charge in [-0.1, -0.05) is 109 Å². The van der Waals surface area contributed by atoms with Gasteiger partial charge in [-0.3, -0.25) is 0 Å². The molecule has 29 heavy (non-hydrogen) atoms. The molecule has 0 heteroatoms. The Labute approximate surface area is 183 Å². The van der Waals surface area contributed by atoms with Gasteiger partial charge >= 0.3 is 0 Å². The number of rotatable bonds is 7. The van der Waals surface area contributed by atoms with Crippen LogP contribution in [0.1, 0.15) is 47.2 Å². The Hall–Kier alpha value is -3.12. The van der Waals surface area contributed by atoms with Crippen LogP contribution in [0.25, 0.3) is 0 Å². The van der Waals surface area contributed by atoms with Crippen molar-refractivity contribution in [3.8, 4) is 0 Å². The van der Waals surface area contributed by atoms with Crippen LogP contribution in [0.3, 0.4) is 0 Å². The van der Waals surface area contributed by atoms with E-state index >= 15 is 0 Å². The molecule has 0 aliphatic rings. The summed E-state index contributed by atoms with van der Waals surface area (Å²) in [6.45, 7) is 1.91. The molecular formula is C29H28. The van der Waals surface area contributed by atoms with E-state index in [0.717, 1.165) is 11.1 Å². The molecule has 0 nitrogen and oxygen atoms in total. The van der Waals surface area contributed by atoms with Crippen molar-refractivity contribution in [2.45, 2.75) is 32.5 Å². The maximum atomic E-state index is 8.89. The van der Waals surface area contributed by atoms with E-state index in [1.807, 2.05) is 49.4 Å². The Balaban J connectivity index is 1.68. The van der Waals surface area contributed by atoms with E-state index in [-0.39, 0.29) is 6.42 Å². The lowest BCUT2D eigenvalue weighted by Gasteiger charge is -2.09. The summed E-state index contributed by atoms with van der Waals surface area (Å²) >= 11 is 0. The van der Waals surface area contributed by atoms with E-state index in [0.29, 0.717) is 27.8 Å². The van der Waals surface area contributed by atoms with Gasteiger partial charge in [-0.2, -0.15) is 0 Å². The first kappa shape index (κ1) is 13.2. The molecular weight excluding hydrogens is 348 g/mol. The minimum atomic E-state index is -1.93. The molecule has 0 saturated carbocycles. The maximum absolute atomic E-state index is 8.89. The normalized spacial score (nSPS) is 15.3. The second-order valence-electron chi connectivity index (χ2n) is 7.12. The van der Waals surface area contributed by atoms with Crippen LogP contribution in [0.15, 0.2) is 103 Å². The summed E-state index contributed by atoms with van der Waals surface area (Å²) in [5.41, 5.74) is 3.80. The summed E-state index contributed by atoms with van der Waals surface area (Å²) in [6, 6.07) is 29.9. The summed E-state index contributed by atoms with van der Waals surface area (Å²) in [7, 11) is 0. The van der Waals surface area contributed by atoms with Crippen LogP contribution in [0, 0.1) is 6.92 Å². The van der Waals surface area contributed by atoms with Crippen molar-refractivity contribution in [1.82, 2.24) is 0 Å². The molecule has 0 aliphatic carbocycles. The molecule has 0 unspecified atom stereocenters. The molecule has 4 aromatic carbocycles. The molecule has 4 rings (SSSR count). The van der Waals surface area contributed by atoms with Gasteiger partial charge in [0, 0.05) is 8.22 Å². The monoisotopic (exact) mass is 382 g/mol. The van der Waals surface area contributed by atoms with Crippen molar-refractivity contribution in [2.75, 3.05) is 0 Å². The van der Waals surface area contributed by atoms with Crippen molar-refractivity contribution in [3.63, 3.8) is 0 Å². The third-order valence-corrected chi connectivity index (χ3v) is 4.66. The van der Waals surface area contributed by atoms with E-state index in [9.17, 15) is 0 Å². The molecule has 4 aromatic rings. The largest absolute Gasteiger partial charge is 0.0622 e. The first-order valence-electron chi connectivity index (χ1n) is 12.8. The van der Waals surface area contributed by atoms with Crippen LogP contribution in [-0.4, -0.2) is 0 Å². The van der Waals surface area contributed by atoms with Gasteiger partial charge in [0.25, 0.3) is 0 Å². The smallest absolute Gasteiger partial charge is 0.0366 e. The molecule has 0 heterocycles. The maximum Gasteiger partial charge on any atom is 0.0366 e. The molecule has 0 spiro atoms. The predicted molar refractivity (Wildman–Crippen MR) is 124 cm³/mol. The van der Waals surface area contributed by atoms with Gasteiger partial charge < -0.3 is 0 Å². The summed E-state index contributed by atoms with van der Waals surface area (Å²) in [5, 5.41) is 0. The van der Waals surface area contributed by atoms with Gasteiger partial charge in [0.05, 0.1) is 0 Å². The molecule has 0 aromatic heterocycles. The Kier molecular flexibility index (Phi) is 4.26. The highest BCUT2D eigenvalue weighted by Gasteiger charge is 2.03. The number of aryl methyl sites for hydroxylation is 3. The van der Waals surface area contributed by atoms with Gasteiger partial charge in [0.15, 0.2) is 0 Å². The predicted octanol–water partition coefficient (Wildman–Crippen LogP) is 6.96. The summed E-state index contributed by atoms with van der Waals surface area (Å²) in [5.74, 6) is 0. The number of benzene rings is 4. The standard InChI is InChI=1S/C29H28/c1-23-8-5-12-26(18-23)20-28-14-7-15-29(22-28)21-27-13-6-11-25(19-27)17-16-24-9-3-2-4-10-24/h2-15,18-19,22H,16-17,20-21H2,1H3/i17D2,20D2,21D2. The van der Waals surface area contributed by atoms with Crippen molar-refractivity contribution in [2.24, 2.45) is 0 Å². The second-order valence-corrected chi connectivity index (χ2v) is 7.12. The van der Waals surface area contributed by atoms with Crippen LogP contribution >= 0.6 is 0 Å². The van der Waals surface area contributed by atoms with Gasteiger partial charge in [-0.25, -0.2) is 0 Å². The average molecular weight is 383 g/mol. The highest BCUT2D eigenvalue weighted by Crippen LogP contribution is 2.17. The lowest BCUT2D eigenvalue weighted by atomic mass is 9.97. The van der Waals surface area contributed by atoms with Crippen LogP contribution in [-0.2, 0) is 25.5 Å². The Morgan fingerprint density at radius 1 is 0.517 bits per heavy atom. The van der Waals surface area contributed by atoms with Crippen LogP contribution in [0.5, 0.6) is 0 Å². The lowest BCUT2D eigenvalue weighted by molar-refractivity contribution is 0.955. The highest BCUT2D eigenvalue weighted by atomic mass is 14.1. The van der Waals surface area contributed by atoms with Crippen LogP contribution in [0.4, 0.5) is 0 Å². The Morgan fingerprint density at radius 2 is 1.00 bits per heavy atom. The molecule has 0 amide bonds. The molecule has 0 atom stereocenters. The zero-order valence-electron chi connectivity index (χ0n) is 22.5. The SMILES string of the molecule is [2H]C([2H])(Cc1ccccc1)c1cccc(C([2H])([2H])c2cccc(C([2H])([2H])c3cccc(C)c3)c2)c1. The first-order chi connectivity index (χ1) is 16.5. The fourth-order valence-corrected chi connectivity index (χ4v) is 3.24. The first-order valence-corrected chi connectivity index (χ1v) is 9.83. The van der Waals surface area contributed by atoms with Gasteiger partial charge in [-0.15, -0.1) is 0 Å². The van der Waals surface area contributed by atoms with E-state index in [1.54, 1.807) is 60.7 Å². The third kappa shape index (κ3) is 5.68. The molecule has 0 bridgehead atoms. The van der Waals surface area contributed by atoms with Crippen molar-refractivity contribution >= 4 is 0 Å². The van der Waals surface area contributed by atoms with Crippen LogP contribution < -0.4 is 0 Å². The average Bonchev–Trinajstić information content (AvgIpc) is 2.84. The minimum absolute atomic E-state index is 0.187. The van der Waals surface area contributed by atoms with Gasteiger partial charge in [-0.05, 0) is 65.8 Å². The molecule has 0 fully saturated rings. The van der Waals surface area contributed by atoms with E-state index in [2.05, 4.69) is 0 Å². The lowest BCUT2D eigenvalue weighted by Crippen LogP contribution is -1.95. The van der Waals surface area contributed by atoms with Gasteiger partial charge in [0.2, 0.25) is 0 Å². The summed E-state index contributed by atoms with van der Waals surface area (Å²) < 4.78 is 52.5. The molecule has 0 radical (unpaired) electrons. The molecule has 0 aliphatic heterocycles. The fraction of sp³-hybridized carbons (Fsp3) is 0.172. The van der Waals surface area contributed by atoms with Crippen LogP contribution in [0.2, 0.25) is 0 Å². The molecule has 144 valence electrons. The molecule has 0 N–H and O–H groups in total. The Morgan fingerprint density at radius 3 is 1.62 bits per heavy atom. The summed E-state index contributed by atoms with van der Waals surface area (Å²) in [4.78, 5) is 0. The third-order valence-electron chi connectivity index (χ3n) is 4.66. The van der Waals surface area contributed by atoms with Crippen molar-refractivity contribution in [1.29, 1.82) is 0 Å². The number of hydrogen-bond acceptors (Lipinski definition) is 0. The topological polar surface area (TPSA) is 0 Å². The van der Waals surface area contributed by atoms with Gasteiger partial charge in [0.1, 0.15) is 0 Å². The number of hydrogen-bond donors (Lipinski definition) is 0. The fourth-order valence-electron chi connectivity index (χ4n) is 3.24. The quantitative estimate of drug-likeness (QED) is 0.324. The summed E-state index contributed by atoms with van der Waals surface area (Å²) in [6.07, 6.45) is -5.20. The van der Waals surface area contributed by atoms with Crippen molar-refractivity contribution in [3.05, 3.63) is 142 Å².